The quantitative estimate of drug-likeness (QED) is 0.366. The Morgan fingerprint density at radius 1 is 1.07 bits per heavy atom. The zero-order valence-corrected chi connectivity index (χ0v) is 17.8. The van der Waals surface area contributed by atoms with Gasteiger partial charge in [0.05, 0.1) is 0 Å². The fourth-order valence-corrected chi connectivity index (χ4v) is 5.21. The van der Waals surface area contributed by atoms with Crippen LogP contribution < -0.4 is 5.73 Å². The van der Waals surface area contributed by atoms with Crippen LogP contribution in [-0.2, 0) is 12.8 Å². The van der Waals surface area contributed by atoms with Crippen LogP contribution in [0.1, 0.15) is 107 Å². The van der Waals surface area contributed by atoms with E-state index in [1.807, 2.05) is 0 Å². The number of benzene rings is 1. The summed E-state index contributed by atoms with van der Waals surface area (Å²) in [5.74, 6) is 1.60. The molecular formula is C26H41N. The molecule has 0 heterocycles. The SMILES string of the molecule is CCC/C=C/CCCC[C@@H]1CCc2cc([C@H]3CC[C@](N)(CC)C3)ccc2C1. The molecule has 0 amide bonds. The molecule has 0 saturated heterocycles. The van der Waals surface area contributed by atoms with Crippen LogP contribution >= 0.6 is 0 Å². The molecular weight excluding hydrogens is 326 g/mol. The second-order valence-electron chi connectivity index (χ2n) is 9.34. The van der Waals surface area contributed by atoms with E-state index in [1.54, 1.807) is 16.7 Å². The predicted octanol–water partition coefficient (Wildman–Crippen LogP) is 7.08. The Bertz CT molecular complexity index is 617. The molecule has 3 rings (SSSR count). The number of fused-ring (bicyclic) bond motifs is 1. The van der Waals surface area contributed by atoms with Gasteiger partial charge in [0.25, 0.3) is 0 Å². The second kappa shape index (κ2) is 9.92. The van der Waals surface area contributed by atoms with E-state index in [-0.39, 0.29) is 5.54 Å². The first-order chi connectivity index (χ1) is 13.1. The van der Waals surface area contributed by atoms with Gasteiger partial charge in [-0.25, -0.2) is 0 Å². The minimum atomic E-state index is 0.0946. The molecule has 150 valence electrons. The average Bonchev–Trinajstić information content (AvgIpc) is 3.10. The second-order valence-corrected chi connectivity index (χ2v) is 9.34. The first-order valence-electron chi connectivity index (χ1n) is 11.7. The monoisotopic (exact) mass is 367 g/mol. The van der Waals surface area contributed by atoms with Crippen molar-refractivity contribution in [2.24, 2.45) is 11.7 Å². The molecule has 1 fully saturated rings. The van der Waals surface area contributed by atoms with E-state index in [0.717, 1.165) is 12.3 Å². The maximum Gasteiger partial charge on any atom is 0.0157 e. The van der Waals surface area contributed by atoms with E-state index < -0.39 is 0 Å². The van der Waals surface area contributed by atoms with Crippen molar-refractivity contribution in [2.75, 3.05) is 0 Å². The van der Waals surface area contributed by atoms with Crippen molar-refractivity contribution in [3.63, 3.8) is 0 Å². The Hall–Kier alpha value is -1.08. The molecule has 2 aliphatic rings. The predicted molar refractivity (Wildman–Crippen MR) is 118 cm³/mol. The molecule has 2 N–H and O–H groups in total. The first kappa shape index (κ1) is 20.6. The van der Waals surface area contributed by atoms with Gasteiger partial charge in [0.1, 0.15) is 0 Å². The van der Waals surface area contributed by atoms with E-state index in [0.29, 0.717) is 5.92 Å². The van der Waals surface area contributed by atoms with Gasteiger partial charge in [-0.15, -0.1) is 0 Å². The third-order valence-corrected chi connectivity index (χ3v) is 7.24. The number of aryl methyl sites for hydroxylation is 1. The lowest BCUT2D eigenvalue weighted by molar-refractivity contribution is 0.409. The largest absolute Gasteiger partial charge is 0.325 e. The van der Waals surface area contributed by atoms with Gasteiger partial charge in [0.2, 0.25) is 0 Å². The third-order valence-electron chi connectivity index (χ3n) is 7.24. The van der Waals surface area contributed by atoms with Crippen molar-refractivity contribution < 1.29 is 0 Å². The van der Waals surface area contributed by atoms with Crippen LogP contribution in [0.2, 0.25) is 0 Å². The molecule has 0 unspecified atom stereocenters. The highest BCUT2D eigenvalue weighted by molar-refractivity contribution is 5.36. The molecule has 3 atom stereocenters. The third kappa shape index (κ3) is 5.70. The summed E-state index contributed by atoms with van der Waals surface area (Å²) in [6, 6.07) is 7.41. The standard InChI is InChI=1S/C26H41N/c1-3-5-6-7-8-9-10-11-21-12-13-23-19-24(15-14-22(23)18-21)25-16-17-26(27,4-2)20-25/h6-7,14-15,19,21,25H,3-5,8-13,16-18,20,27H2,1-2H3/b7-6+/t21-,25+,26-/m1/s1. The van der Waals surface area contributed by atoms with Crippen molar-refractivity contribution in [3.8, 4) is 0 Å². The summed E-state index contributed by atoms with van der Waals surface area (Å²) in [4.78, 5) is 0. The van der Waals surface area contributed by atoms with Gasteiger partial charge >= 0.3 is 0 Å². The number of allylic oxidation sites excluding steroid dienone is 2. The maximum absolute atomic E-state index is 6.53. The fraction of sp³-hybridized carbons (Fsp3) is 0.692. The van der Waals surface area contributed by atoms with E-state index >= 15 is 0 Å². The lowest BCUT2D eigenvalue weighted by atomic mass is 9.79. The summed E-state index contributed by atoms with van der Waals surface area (Å²) in [5.41, 5.74) is 11.5. The van der Waals surface area contributed by atoms with Gasteiger partial charge < -0.3 is 5.73 Å². The molecule has 1 nitrogen and oxygen atoms in total. The van der Waals surface area contributed by atoms with E-state index in [4.69, 9.17) is 5.73 Å². The molecule has 0 radical (unpaired) electrons. The van der Waals surface area contributed by atoms with Gasteiger partial charge in [-0.05, 0) is 92.7 Å². The minimum Gasteiger partial charge on any atom is -0.325 e. The summed E-state index contributed by atoms with van der Waals surface area (Å²) in [5, 5.41) is 0. The molecule has 27 heavy (non-hydrogen) atoms. The van der Waals surface area contributed by atoms with Crippen LogP contribution in [0.5, 0.6) is 0 Å². The number of nitrogens with two attached hydrogens (primary N) is 1. The van der Waals surface area contributed by atoms with Crippen LogP contribution in [0.25, 0.3) is 0 Å². The van der Waals surface area contributed by atoms with Gasteiger partial charge in [-0.3, -0.25) is 0 Å². The molecule has 1 aromatic carbocycles. The zero-order chi connectivity index (χ0) is 19.1. The summed E-state index contributed by atoms with van der Waals surface area (Å²) in [6.07, 6.45) is 21.5. The first-order valence-corrected chi connectivity index (χ1v) is 11.7. The molecule has 2 aliphatic carbocycles. The summed E-state index contributed by atoms with van der Waals surface area (Å²) in [6.45, 7) is 4.50. The van der Waals surface area contributed by atoms with E-state index in [2.05, 4.69) is 44.2 Å². The van der Waals surface area contributed by atoms with Crippen molar-refractivity contribution in [2.45, 2.75) is 109 Å². The molecule has 0 aliphatic heterocycles. The molecule has 1 aromatic rings. The Labute approximate surface area is 167 Å². The Morgan fingerprint density at radius 3 is 2.70 bits per heavy atom. The summed E-state index contributed by atoms with van der Waals surface area (Å²) in [7, 11) is 0. The van der Waals surface area contributed by atoms with Crippen LogP contribution in [0.4, 0.5) is 0 Å². The lowest BCUT2D eigenvalue weighted by Crippen LogP contribution is -2.35. The Balaban J connectivity index is 1.47. The minimum absolute atomic E-state index is 0.0946. The lowest BCUT2D eigenvalue weighted by Gasteiger charge is -2.26. The van der Waals surface area contributed by atoms with Crippen LogP contribution in [0.3, 0.4) is 0 Å². The molecule has 1 saturated carbocycles. The maximum atomic E-state index is 6.53. The van der Waals surface area contributed by atoms with E-state index in [1.165, 1.54) is 77.0 Å². The average molecular weight is 368 g/mol. The fourth-order valence-electron chi connectivity index (χ4n) is 5.21. The highest BCUT2D eigenvalue weighted by atomic mass is 14.8. The van der Waals surface area contributed by atoms with Crippen LogP contribution in [-0.4, -0.2) is 5.54 Å². The van der Waals surface area contributed by atoms with Crippen molar-refractivity contribution in [1.29, 1.82) is 0 Å². The van der Waals surface area contributed by atoms with Crippen LogP contribution in [0, 0.1) is 5.92 Å². The number of unbranched alkanes of at least 4 members (excludes halogenated alkanes) is 3. The summed E-state index contributed by atoms with van der Waals surface area (Å²) >= 11 is 0. The zero-order valence-electron chi connectivity index (χ0n) is 17.8. The highest BCUT2D eigenvalue weighted by Crippen LogP contribution is 2.42. The van der Waals surface area contributed by atoms with Crippen molar-refractivity contribution in [3.05, 3.63) is 47.0 Å². The van der Waals surface area contributed by atoms with Gasteiger partial charge in [-0.1, -0.05) is 63.5 Å². The Morgan fingerprint density at radius 2 is 1.93 bits per heavy atom. The Kier molecular flexibility index (Phi) is 7.58. The van der Waals surface area contributed by atoms with Crippen molar-refractivity contribution in [1.82, 2.24) is 0 Å². The van der Waals surface area contributed by atoms with Gasteiger partial charge in [0, 0.05) is 5.54 Å². The molecule has 0 aromatic heterocycles. The molecule has 0 spiro atoms. The van der Waals surface area contributed by atoms with E-state index in [9.17, 15) is 0 Å². The summed E-state index contributed by atoms with van der Waals surface area (Å²) < 4.78 is 0. The molecule has 1 heteroatoms. The van der Waals surface area contributed by atoms with Crippen molar-refractivity contribution >= 4 is 0 Å². The number of hydrogen-bond acceptors (Lipinski definition) is 1. The molecule has 0 bridgehead atoms. The number of rotatable bonds is 9. The smallest absolute Gasteiger partial charge is 0.0157 e. The number of hydrogen-bond donors (Lipinski definition) is 1. The topological polar surface area (TPSA) is 26.0 Å². The van der Waals surface area contributed by atoms with Gasteiger partial charge in [-0.2, -0.15) is 0 Å². The van der Waals surface area contributed by atoms with Gasteiger partial charge in [0.15, 0.2) is 0 Å². The highest BCUT2D eigenvalue weighted by Gasteiger charge is 2.35. The normalized spacial score (nSPS) is 28.0. The van der Waals surface area contributed by atoms with Crippen LogP contribution in [0.15, 0.2) is 30.4 Å².